The van der Waals surface area contributed by atoms with E-state index in [-0.39, 0.29) is 0 Å². The average molecular weight is 195 g/mol. The van der Waals surface area contributed by atoms with E-state index in [0.29, 0.717) is 11.3 Å². The Morgan fingerprint density at radius 1 is 1.54 bits per heavy atom. The lowest BCUT2D eigenvalue weighted by Gasteiger charge is -2.16. The first-order chi connectivity index (χ1) is 6.04. The van der Waals surface area contributed by atoms with Gasteiger partial charge in [0.15, 0.2) is 0 Å². The highest BCUT2D eigenvalue weighted by Gasteiger charge is 2.37. The summed E-state index contributed by atoms with van der Waals surface area (Å²) >= 11 is 1.92. The highest BCUT2D eigenvalue weighted by atomic mass is 32.1. The minimum Gasteiger partial charge on any atom is -0.246 e. The quantitative estimate of drug-likeness (QED) is 0.668. The van der Waals surface area contributed by atoms with Crippen LogP contribution in [-0.4, -0.2) is 4.98 Å². The molecule has 72 valence electrons. The van der Waals surface area contributed by atoms with Crippen LogP contribution in [0, 0.1) is 0 Å². The van der Waals surface area contributed by atoms with Crippen LogP contribution in [0.5, 0.6) is 0 Å². The number of hydrogen-bond acceptors (Lipinski definition) is 2. The molecule has 1 aliphatic rings. The predicted molar refractivity (Wildman–Crippen MR) is 57.6 cm³/mol. The molecule has 0 fully saturated rings. The van der Waals surface area contributed by atoms with Gasteiger partial charge in [0.1, 0.15) is 0 Å². The van der Waals surface area contributed by atoms with E-state index < -0.39 is 0 Å². The fraction of sp³-hybridized carbons (Fsp3) is 0.727. The van der Waals surface area contributed by atoms with Crippen LogP contribution in [0.15, 0.2) is 0 Å². The van der Waals surface area contributed by atoms with Crippen LogP contribution in [0.4, 0.5) is 0 Å². The molecule has 1 aliphatic carbocycles. The Bertz CT molecular complexity index is 325. The zero-order valence-corrected chi connectivity index (χ0v) is 9.66. The lowest BCUT2D eigenvalue weighted by Crippen LogP contribution is -2.10. The standard InChI is InChI=1S/C11H17NS/c1-5-8-12-9-7(2)6-11(3,4)10(9)13-8/h7H,5-6H2,1-4H3. The molecule has 1 heterocycles. The van der Waals surface area contributed by atoms with E-state index in [1.807, 2.05) is 11.3 Å². The van der Waals surface area contributed by atoms with Crippen molar-refractivity contribution >= 4 is 11.3 Å². The molecule has 1 aromatic heterocycles. The summed E-state index contributed by atoms with van der Waals surface area (Å²) in [6.07, 6.45) is 2.35. The molecule has 0 aliphatic heterocycles. The van der Waals surface area contributed by atoms with Gasteiger partial charge in [-0.25, -0.2) is 4.98 Å². The van der Waals surface area contributed by atoms with E-state index >= 15 is 0 Å². The molecule has 2 heteroatoms. The molecule has 2 rings (SSSR count). The van der Waals surface area contributed by atoms with Gasteiger partial charge in [-0.1, -0.05) is 27.7 Å². The summed E-state index contributed by atoms with van der Waals surface area (Å²) < 4.78 is 0. The number of aryl methyl sites for hydroxylation is 1. The normalized spacial score (nSPS) is 24.8. The minimum atomic E-state index is 0.375. The minimum absolute atomic E-state index is 0.375. The first kappa shape index (κ1) is 9.20. The third-order valence-electron chi connectivity index (χ3n) is 2.90. The highest BCUT2D eigenvalue weighted by Crippen LogP contribution is 2.47. The third-order valence-corrected chi connectivity index (χ3v) is 4.48. The molecule has 1 nitrogen and oxygen atoms in total. The van der Waals surface area contributed by atoms with Crippen LogP contribution in [0.25, 0.3) is 0 Å². The number of nitrogens with zero attached hydrogens (tertiary/aromatic N) is 1. The van der Waals surface area contributed by atoms with E-state index in [1.54, 1.807) is 0 Å². The van der Waals surface area contributed by atoms with Crippen molar-refractivity contribution in [2.24, 2.45) is 0 Å². The van der Waals surface area contributed by atoms with Gasteiger partial charge in [0, 0.05) is 16.2 Å². The number of aromatic nitrogens is 1. The van der Waals surface area contributed by atoms with Crippen molar-refractivity contribution in [1.29, 1.82) is 0 Å². The van der Waals surface area contributed by atoms with Crippen molar-refractivity contribution in [3.05, 3.63) is 15.6 Å². The number of thiazole rings is 1. The highest BCUT2D eigenvalue weighted by molar-refractivity contribution is 7.12. The predicted octanol–water partition coefficient (Wildman–Crippen LogP) is 3.49. The van der Waals surface area contributed by atoms with Crippen molar-refractivity contribution in [2.75, 3.05) is 0 Å². The summed E-state index contributed by atoms with van der Waals surface area (Å²) in [5.41, 5.74) is 1.76. The molecule has 13 heavy (non-hydrogen) atoms. The SMILES string of the molecule is CCc1nc2c(s1)C(C)(C)CC2C. The summed E-state index contributed by atoms with van der Waals surface area (Å²) in [4.78, 5) is 6.24. The molecule has 0 saturated heterocycles. The second kappa shape index (κ2) is 2.81. The zero-order valence-electron chi connectivity index (χ0n) is 8.85. The van der Waals surface area contributed by atoms with Crippen molar-refractivity contribution in [3.8, 4) is 0 Å². The lowest BCUT2D eigenvalue weighted by molar-refractivity contribution is 0.493. The Kier molecular flexibility index (Phi) is 1.99. The number of fused-ring (bicyclic) bond motifs is 1. The van der Waals surface area contributed by atoms with Gasteiger partial charge in [-0.05, 0) is 12.8 Å². The van der Waals surface area contributed by atoms with E-state index in [9.17, 15) is 0 Å². The van der Waals surface area contributed by atoms with Crippen molar-refractivity contribution in [3.63, 3.8) is 0 Å². The van der Waals surface area contributed by atoms with Crippen LogP contribution in [0.2, 0.25) is 0 Å². The molecule has 1 atom stereocenters. The van der Waals surface area contributed by atoms with Gasteiger partial charge in [0.25, 0.3) is 0 Å². The molecule has 1 aromatic rings. The molecule has 1 unspecified atom stereocenters. The van der Waals surface area contributed by atoms with E-state index in [0.717, 1.165) is 6.42 Å². The molecule has 0 bridgehead atoms. The Morgan fingerprint density at radius 3 is 2.77 bits per heavy atom. The van der Waals surface area contributed by atoms with Gasteiger partial charge in [-0.15, -0.1) is 11.3 Å². The second-order valence-electron chi connectivity index (χ2n) is 4.66. The molecule has 0 amide bonds. The Hall–Kier alpha value is -0.370. The molecular formula is C11H17NS. The van der Waals surface area contributed by atoms with Crippen LogP contribution in [-0.2, 0) is 11.8 Å². The van der Waals surface area contributed by atoms with Gasteiger partial charge < -0.3 is 0 Å². The van der Waals surface area contributed by atoms with Crippen LogP contribution >= 0.6 is 11.3 Å². The second-order valence-corrected chi connectivity index (χ2v) is 5.75. The van der Waals surface area contributed by atoms with Gasteiger partial charge in [-0.3, -0.25) is 0 Å². The van der Waals surface area contributed by atoms with Crippen molar-refractivity contribution < 1.29 is 0 Å². The largest absolute Gasteiger partial charge is 0.246 e. The molecular weight excluding hydrogens is 178 g/mol. The van der Waals surface area contributed by atoms with Gasteiger partial charge in [0.2, 0.25) is 0 Å². The number of hydrogen-bond donors (Lipinski definition) is 0. The topological polar surface area (TPSA) is 12.9 Å². The molecule has 0 aromatic carbocycles. The maximum absolute atomic E-state index is 4.70. The van der Waals surface area contributed by atoms with Crippen LogP contribution in [0.3, 0.4) is 0 Å². The maximum Gasteiger partial charge on any atom is 0.0928 e. The van der Waals surface area contributed by atoms with E-state index in [1.165, 1.54) is 22.0 Å². The van der Waals surface area contributed by atoms with E-state index in [2.05, 4.69) is 27.7 Å². The molecule has 0 saturated carbocycles. The summed E-state index contributed by atoms with van der Waals surface area (Å²) in [5.74, 6) is 0.668. The monoisotopic (exact) mass is 195 g/mol. The average Bonchev–Trinajstić information content (AvgIpc) is 2.53. The summed E-state index contributed by atoms with van der Waals surface area (Å²) in [6.45, 7) is 9.16. The van der Waals surface area contributed by atoms with Crippen molar-refractivity contribution in [1.82, 2.24) is 4.98 Å². The molecule has 0 spiro atoms. The first-order valence-electron chi connectivity index (χ1n) is 5.04. The van der Waals surface area contributed by atoms with E-state index in [4.69, 9.17) is 4.98 Å². The Balaban J connectivity index is 2.49. The van der Waals surface area contributed by atoms with Gasteiger partial charge >= 0.3 is 0 Å². The smallest absolute Gasteiger partial charge is 0.0928 e. The van der Waals surface area contributed by atoms with Crippen LogP contribution in [0.1, 0.15) is 55.6 Å². The molecule has 0 N–H and O–H groups in total. The lowest BCUT2D eigenvalue weighted by atomic mass is 9.91. The maximum atomic E-state index is 4.70. The number of rotatable bonds is 1. The molecule has 0 radical (unpaired) electrons. The fourth-order valence-electron chi connectivity index (χ4n) is 2.30. The van der Waals surface area contributed by atoms with Crippen molar-refractivity contribution in [2.45, 2.75) is 51.9 Å². The summed E-state index contributed by atoms with van der Waals surface area (Å²) in [5, 5.41) is 1.31. The summed E-state index contributed by atoms with van der Waals surface area (Å²) in [6, 6.07) is 0. The fourth-order valence-corrected chi connectivity index (χ4v) is 3.54. The summed E-state index contributed by atoms with van der Waals surface area (Å²) in [7, 11) is 0. The zero-order chi connectivity index (χ0) is 9.64. The third kappa shape index (κ3) is 1.32. The van der Waals surface area contributed by atoms with Gasteiger partial charge in [0.05, 0.1) is 10.7 Å². The first-order valence-corrected chi connectivity index (χ1v) is 5.86. The van der Waals surface area contributed by atoms with Gasteiger partial charge in [-0.2, -0.15) is 0 Å². The Morgan fingerprint density at radius 2 is 2.23 bits per heavy atom. The van der Waals surface area contributed by atoms with Crippen LogP contribution < -0.4 is 0 Å². The Labute approximate surface area is 84.2 Å².